The molecule has 0 saturated carbocycles. The fraction of sp³-hybridized carbons (Fsp3) is 0.304. The lowest BCUT2D eigenvalue weighted by Gasteiger charge is -2.31. The van der Waals surface area contributed by atoms with E-state index in [0.717, 1.165) is 31.4 Å². The van der Waals surface area contributed by atoms with Crippen molar-refractivity contribution in [3.63, 3.8) is 0 Å². The van der Waals surface area contributed by atoms with E-state index in [1.54, 1.807) is 18.2 Å². The molecule has 0 spiro atoms. The van der Waals surface area contributed by atoms with Gasteiger partial charge in [0.15, 0.2) is 0 Å². The molecule has 1 aliphatic heterocycles. The Hall–Kier alpha value is -3.48. The van der Waals surface area contributed by atoms with E-state index >= 15 is 0 Å². The maximum Gasteiger partial charge on any atom is 0.277 e. The van der Waals surface area contributed by atoms with E-state index in [4.69, 9.17) is 0 Å². The van der Waals surface area contributed by atoms with Gasteiger partial charge in [-0.2, -0.15) is 0 Å². The smallest absolute Gasteiger partial charge is 0.277 e. The van der Waals surface area contributed by atoms with Crippen LogP contribution in [-0.2, 0) is 11.3 Å². The average Bonchev–Trinajstić information content (AvgIpc) is 3.23. The fourth-order valence-corrected chi connectivity index (χ4v) is 4.29. The summed E-state index contributed by atoms with van der Waals surface area (Å²) in [4.78, 5) is 30.6. The van der Waals surface area contributed by atoms with Crippen molar-refractivity contribution < 1.29 is 4.79 Å². The topological polar surface area (TPSA) is 83.9 Å². The van der Waals surface area contributed by atoms with Crippen LogP contribution in [0.1, 0.15) is 30.9 Å². The molecule has 2 aromatic heterocycles. The first-order chi connectivity index (χ1) is 14.7. The van der Waals surface area contributed by atoms with Crippen LogP contribution in [0.25, 0.3) is 21.8 Å². The SMILES string of the molecule is O=C(CCn1nnc2ccccc2c1=O)N1CCC(c2cc3ccccc3[nH]2)CC1. The van der Waals surface area contributed by atoms with E-state index in [0.29, 0.717) is 16.8 Å². The number of nitrogens with one attached hydrogen (secondary N) is 1. The first-order valence-electron chi connectivity index (χ1n) is 10.4. The van der Waals surface area contributed by atoms with Crippen LogP contribution in [-0.4, -0.2) is 43.9 Å². The molecular weight excluding hydrogens is 378 g/mol. The van der Waals surface area contributed by atoms with Gasteiger partial charge in [0.2, 0.25) is 5.91 Å². The van der Waals surface area contributed by atoms with Crippen molar-refractivity contribution in [1.82, 2.24) is 24.9 Å². The number of aromatic nitrogens is 4. The number of nitrogens with zero attached hydrogens (tertiary/aromatic N) is 4. The first kappa shape index (κ1) is 18.5. The van der Waals surface area contributed by atoms with Gasteiger partial charge in [-0.25, -0.2) is 4.68 Å². The van der Waals surface area contributed by atoms with Gasteiger partial charge in [-0.1, -0.05) is 35.5 Å². The number of carbonyl (C=O) groups excluding carboxylic acids is 1. The number of aryl methyl sites for hydroxylation is 1. The van der Waals surface area contributed by atoms with Gasteiger partial charge in [-0.3, -0.25) is 9.59 Å². The molecule has 5 rings (SSSR count). The standard InChI is InChI=1S/C23H23N5O2/c29-22(11-14-28-23(30)18-6-2-4-8-20(18)25-26-28)27-12-9-16(10-13-27)21-15-17-5-1-3-7-19(17)24-21/h1-8,15-16,24H,9-14H2. The van der Waals surface area contributed by atoms with Crippen LogP contribution in [0.4, 0.5) is 0 Å². The van der Waals surface area contributed by atoms with Gasteiger partial charge in [-0.15, -0.1) is 5.10 Å². The summed E-state index contributed by atoms with van der Waals surface area (Å²) in [7, 11) is 0. The maximum atomic E-state index is 12.7. The number of para-hydroxylation sites is 1. The number of rotatable bonds is 4. The van der Waals surface area contributed by atoms with E-state index < -0.39 is 0 Å². The van der Waals surface area contributed by atoms with Gasteiger partial charge in [0.05, 0.1) is 11.9 Å². The summed E-state index contributed by atoms with van der Waals surface area (Å²) in [6.07, 6.45) is 2.13. The van der Waals surface area contributed by atoms with Crippen LogP contribution in [0, 0.1) is 0 Å². The highest BCUT2D eigenvalue weighted by atomic mass is 16.2. The summed E-state index contributed by atoms with van der Waals surface area (Å²) in [5.74, 6) is 0.502. The molecule has 0 radical (unpaired) electrons. The second-order valence-corrected chi connectivity index (χ2v) is 7.85. The Morgan fingerprint density at radius 1 is 1.07 bits per heavy atom. The van der Waals surface area contributed by atoms with E-state index in [1.165, 1.54) is 15.8 Å². The Labute approximate surface area is 173 Å². The molecule has 0 atom stereocenters. The van der Waals surface area contributed by atoms with E-state index in [1.807, 2.05) is 23.1 Å². The van der Waals surface area contributed by atoms with E-state index in [9.17, 15) is 9.59 Å². The number of H-pyrrole nitrogens is 1. The van der Waals surface area contributed by atoms with Crippen LogP contribution >= 0.6 is 0 Å². The zero-order chi connectivity index (χ0) is 20.5. The predicted molar refractivity (Wildman–Crippen MR) is 115 cm³/mol. The lowest BCUT2D eigenvalue weighted by Crippen LogP contribution is -2.39. The molecule has 0 unspecified atom stereocenters. The summed E-state index contributed by atoms with van der Waals surface area (Å²) in [5, 5.41) is 9.81. The number of fused-ring (bicyclic) bond motifs is 2. The molecule has 7 heteroatoms. The van der Waals surface area contributed by atoms with Crippen molar-refractivity contribution in [3.05, 3.63) is 70.6 Å². The number of amides is 1. The molecule has 1 fully saturated rings. The van der Waals surface area contributed by atoms with Crippen molar-refractivity contribution in [3.8, 4) is 0 Å². The van der Waals surface area contributed by atoms with Gasteiger partial charge in [-0.05, 0) is 42.5 Å². The number of hydrogen-bond acceptors (Lipinski definition) is 4. The quantitative estimate of drug-likeness (QED) is 0.570. The lowest BCUT2D eigenvalue weighted by molar-refractivity contribution is -0.132. The molecule has 0 bridgehead atoms. The Kier molecular flexibility index (Phi) is 4.78. The third-order valence-electron chi connectivity index (χ3n) is 6.01. The van der Waals surface area contributed by atoms with Crippen molar-refractivity contribution in [2.45, 2.75) is 31.7 Å². The Bertz CT molecular complexity index is 1230. The fourth-order valence-electron chi connectivity index (χ4n) is 4.29. The molecular formula is C23H23N5O2. The van der Waals surface area contributed by atoms with Crippen molar-refractivity contribution in [2.75, 3.05) is 13.1 Å². The van der Waals surface area contributed by atoms with Gasteiger partial charge in [0, 0.05) is 36.6 Å². The third-order valence-corrected chi connectivity index (χ3v) is 6.01. The molecule has 1 saturated heterocycles. The van der Waals surface area contributed by atoms with Gasteiger partial charge in [0.25, 0.3) is 5.56 Å². The average molecular weight is 401 g/mol. The largest absolute Gasteiger partial charge is 0.358 e. The van der Waals surface area contributed by atoms with Crippen LogP contribution in [0.3, 0.4) is 0 Å². The monoisotopic (exact) mass is 401 g/mol. The summed E-state index contributed by atoms with van der Waals surface area (Å²) in [5.41, 5.74) is 2.78. The zero-order valence-corrected chi connectivity index (χ0v) is 16.6. The van der Waals surface area contributed by atoms with Crippen molar-refractivity contribution in [2.24, 2.45) is 0 Å². The number of carbonyl (C=O) groups is 1. The molecule has 7 nitrogen and oxygen atoms in total. The minimum atomic E-state index is -0.203. The zero-order valence-electron chi connectivity index (χ0n) is 16.6. The summed E-state index contributed by atoms with van der Waals surface area (Å²) >= 11 is 0. The molecule has 1 N–H and O–H groups in total. The van der Waals surface area contributed by atoms with Gasteiger partial charge < -0.3 is 9.88 Å². The highest BCUT2D eigenvalue weighted by Crippen LogP contribution is 2.30. The number of likely N-dealkylation sites (tertiary alicyclic amines) is 1. The Morgan fingerprint density at radius 3 is 2.67 bits per heavy atom. The Morgan fingerprint density at radius 2 is 1.83 bits per heavy atom. The molecule has 3 heterocycles. The second kappa shape index (κ2) is 7.74. The van der Waals surface area contributed by atoms with Crippen LogP contribution < -0.4 is 5.56 Å². The normalized spacial score (nSPS) is 15.1. The van der Waals surface area contributed by atoms with E-state index in [-0.39, 0.29) is 24.4 Å². The Balaban J connectivity index is 1.20. The number of benzene rings is 2. The van der Waals surface area contributed by atoms with E-state index in [2.05, 4.69) is 33.5 Å². The molecule has 1 aliphatic rings. The molecule has 2 aromatic carbocycles. The predicted octanol–water partition coefficient (Wildman–Crippen LogP) is 3.07. The third kappa shape index (κ3) is 3.47. The minimum Gasteiger partial charge on any atom is -0.358 e. The second-order valence-electron chi connectivity index (χ2n) is 7.85. The van der Waals surface area contributed by atoms with Crippen LogP contribution in [0.5, 0.6) is 0 Å². The molecule has 30 heavy (non-hydrogen) atoms. The summed E-state index contributed by atoms with van der Waals surface area (Å²) < 4.78 is 1.29. The molecule has 4 aromatic rings. The maximum absolute atomic E-state index is 12.7. The molecule has 152 valence electrons. The van der Waals surface area contributed by atoms with Crippen LogP contribution in [0.2, 0.25) is 0 Å². The van der Waals surface area contributed by atoms with Crippen molar-refractivity contribution >= 4 is 27.7 Å². The summed E-state index contributed by atoms with van der Waals surface area (Å²) in [6, 6.07) is 17.6. The first-order valence-corrected chi connectivity index (χ1v) is 10.4. The summed E-state index contributed by atoms with van der Waals surface area (Å²) in [6.45, 7) is 1.71. The number of piperidine rings is 1. The molecule has 1 amide bonds. The highest BCUT2D eigenvalue weighted by molar-refractivity contribution is 5.80. The number of hydrogen-bond donors (Lipinski definition) is 1. The lowest BCUT2D eigenvalue weighted by atomic mass is 9.93. The number of aromatic amines is 1. The minimum absolute atomic E-state index is 0.0620. The van der Waals surface area contributed by atoms with Gasteiger partial charge >= 0.3 is 0 Å². The highest BCUT2D eigenvalue weighted by Gasteiger charge is 2.24. The van der Waals surface area contributed by atoms with Crippen LogP contribution in [0.15, 0.2) is 59.4 Å². The van der Waals surface area contributed by atoms with Crippen molar-refractivity contribution in [1.29, 1.82) is 0 Å². The van der Waals surface area contributed by atoms with Gasteiger partial charge in [0.1, 0.15) is 5.52 Å². The molecule has 0 aliphatic carbocycles.